The first-order valence-electron chi connectivity index (χ1n) is 8.15. The zero-order valence-electron chi connectivity index (χ0n) is 14.9. The number of aryl methyl sites for hydroxylation is 2. The molecule has 0 radical (unpaired) electrons. The molecule has 0 N–H and O–H groups in total. The number of nitro groups is 2. The van der Waals surface area contributed by atoms with Crippen molar-refractivity contribution < 1.29 is 9.85 Å². The lowest BCUT2D eigenvalue weighted by molar-refractivity contribution is -0.385. The second kappa shape index (κ2) is 7.88. The molecule has 0 fully saturated rings. The van der Waals surface area contributed by atoms with Crippen LogP contribution in [0.1, 0.15) is 33.4 Å². The first-order valence-corrected chi connectivity index (χ1v) is 9.74. The number of benzene rings is 2. The molecular formula is C18H14Br2N4O4. The first kappa shape index (κ1) is 20.3. The molecule has 0 bridgehead atoms. The minimum atomic E-state index is -0.367. The number of nitro benzene ring substituents is 2. The molecule has 2 aromatic carbocycles. The van der Waals surface area contributed by atoms with Gasteiger partial charge in [0.25, 0.3) is 11.4 Å². The normalized spacial score (nSPS) is 13.7. The van der Waals surface area contributed by atoms with Crippen LogP contribution in [0.25, 0.3) is 0 Å². The van der Waals surface area contributed by atoms with Crippen LogP contribution in [0.5, 0.6) is 0 Å². The molecule has 0 aromatic heterocycles. The summed E-state index contributed by atoms with van der Waals surface area (Å²) in [5.74, 6) is 0. The van der Waals surface area contributed by atoms with Crippen LogP contribution in [-0.2, 0) is 13.1 Å². The minimum absolute atomic E-state index is 0.151. The quantitative estimate of drug-likeness (QED) is 0.413. The summed E-state index contributed by atoms with van der Waals surface area (Å²) in [6, 6.07) is 6.80. The van der Waals surface area contributed by atoms with Gasteiger partial charge in [-0.25, -0.2) is 0 Å². The molecule has 0 spiro atoms. The summed E-state index contributed by atoms with van der Waals surface area (Å²) >= 11 is 6.54. The number of rotatable bonds is 2. The second-order valence-electron chi connectivity index (χ2n) is 6.32. The Bertz CT molecular complexity index is 993. The SMILES string of the molecule is Cc1cc2c(cc1[N+](=O)[O-])C(Br)=NC2.Cc1cc2c(cc1[N+](=O)[O-])C(Br)=NC2. The number of hydrogen-bond acceptors (Lipinski definition) is 6. The van der Waals surface area contributed by atoms with Crippen LogP contribution in [-0.4, -0.2) is 19.1 Å². The Kier molecular flexibility index (Phi) is 5.71. The van der Waals surface area contributed by atoms with E-state index >= 15 is 0 Å². The van der Waals surface area contributed by atoms with Crippen LogP contribution in [0.3, 0.4) is 0 Å². The molecule has 0 amide bonds. The van der Waals surface area contributed by atoms with E-state index in [0.717, 1.165) is 22.3 Å². The Hall–Kier alpha value is -2.46. The third-order valence-electron chi connectivity index (χ3n) is 4.46. The Morgan fingerprint density at radius 2 is 1.14 bits per heavy atom. The van der Waals surface area contributed by atoms with Crippen molar-refractivity contribution in [3.63, 3.8) is 0 Å². The monoisotopic (exact) mass is 508 g/mol. The summed E-state index contributed by atoms with van der Waals surface area (Å²) < 4.78 is 1.41. The number of nitrogens with zero attached hydrogens (tertiary/aromatic N) is 4. The molecule has 0 saturated heterocycles. The van der Waals surface area contributed by atoms with Crippen molar-refractivity contribution in [3.05, 3.63) is 77.9 Å². The number of fused-ring (bicyclic) bond motifs is 2. The highest BCUT2D eigenvalue weighted by molar-refractivity contribution is 9.18. The fraction of sp³-hybridized carbons (Fsp3) is 0.222. The third kappa shape index (κ3) is 3.88. The lowest BCUT2D eigenvalue weighted by Gasteiger charge is -2.01. The molecule has 2 aliphatic rings. The van der Waals surface area contributed by atoms with E-state index in [1.807, 2.05) is 12.1 Å². The Labute approximate surface area is 177 Å². The van der Waals surface area contributed by atoms with Gasteiger partial charge in [-0.15, -0.1) is 0 Å². The van der Waals surface area contributed by atoms with E-state index in [1.165, 1.54) is 0 Å². The van der Waals surface area contributed by atoms with Gasteiger partial charge >= 0.3 is 0 Å². The van der Waals surface area contributed by atoms with Crippen LogP contribution in [0.2, 0.25) is 0 Å². The summed E-state index contributed by atoms with van der Waals surface area (Å²) in [7, 11) is 0. The minimum Gasteiger partial charge on any atom is -0.272 e. The zero-order valence-corrected chi connectivity index (χ0v) is 18.1. The van der Waals surface area contributed by atoms with Crippen LogP contribution in [0.15, 0.2) is 34.3 Å². The van der Waals surface area contributed by atoms with Crippen molar-refractivity contribution in [1.82, 2.24) is 0 Å². The smallest absolute Gasteiger partial charge is 0.272 e. The van der Waals surface area contributed by atoms with Crippen LogP contribution in [0.4, 0.5) is 11.4 Å². The molecular weight excluding hydrogens is 496 g/mol. The van der Waals surface area contributed by atoms with Crippen molar-refractivity contribution >= 4 is 52.5 Å². The number of hydrogen-bond donors (Lipinski definition) is 0. The molecule has 2 aromatic rings. The molecule has 4 rings (SSSR count). The van der Waals surface area contributed by atoms with Gasteiger partial charge in [-0.1, -0.05) is 0 Å². The average molecular weight is 510 g/mol. The summed E-state index contributed by atoms with van der Waals surface area (Å²) in [6.07, 6.45) is 0. The van der Waals surface area contributed by atoms with Crippen molar-refractivity contribution in [1.29, 1.82) is 0 Å². The highest BCUT2D eigenvalue weighted by Crippen LogP contribution is 2.30. The lowest BCUT2D eigenvalue weighted by atomic mass is 10.1. The first-order chi connectivity index (χ1) is 13.2. The van der Waals surface area contributed by atoms with Gasteiger partial charge in [0.1, 0.15) is 9.24 Å². The fourth-order valence-electron chi connectivity index (χ4n) is 3.03. The van der Waals surface area contributed by atoms with Crippen molar-refractivity contribution in [2.24, 2.45) is 9.98 Å². The molecule has 0 unspecified atom stereocenters. The Morgan fingerprint density at radius 3 is 1.46 bits per heavy atom. The molecule has 0 atom stereocenters. The van der Waals surface area contributed by atoms with E-state index in [0.29, 0.717) is 33.5 Å². The summed E-state index contributed by atoms with van der Waals surface area (Å²) in [5.41, 5.74) is 5.43. The highest BCUT2D eigenvalue weighted by atomic mass is 79.9. The molecule has 8 nitrogen and oxygen atoms in total. The summed E-state index contributed by atoms with van der Waals surface area (Å²) in [4.78, 5) is 28.9. The lowest BCUT2D eigenvalue weighted by Crippen LogP contribution is -1.96. The molecule has 2 aliphatic heterocycles. The molecule has 0 aliphatic carbocycles. The molecule has 28 heavy (non-hydrogen) atoms. The maximum atomic E-state index is 10.7. The highest BCUT2D eigenvalue weighted by Gasteiger charge is 2.21. The van der Waals surface area contributed by atoms with Crippen LogP contribution in [0, 0.1) is 34.1 Å². The Balaban J connectivity index is 0.000000161. The van der Waals surface area contributed by atoms with Gasteiger partial charge in [-0.2, -0.15) is 0 Å². The predicted octanol–water partition coefficient (Wildman–Crippen LogP) is 5.12. The maximum Gasteiger partial charge on any atom is 0.273 e. The summed E-state index contributed by atoms with van der Waals surface area (Å²) in [6.45, 7) is 4.69. The Morgan fingerprint density at radius 1 is 0.786 bits per heavy atom. The average Bonchev–Trinajstić information content (AvgIpc) is 3.16. The zero-order chi connectivity index (χ0) is 20.6. The van der Waals surface area contributed by atoms with Gasteiger partial charge in [0.2, 0.25) is 0 Å². The van der Waals surface area contributed by atoms with Gasteiger partial charge in [-0.3, -0.25) is 30.2 Å². The van der Waals surface area contributed by atoms with E-state index in [1.54, 1.807) is 26.0 Å². The van der Waals surface area contributed by atoms with E-state index in [9.17, 15) is 20.2 Å². The van der Waals surface area contributed by atoms with E-state index < -0.39 is 0 Å². The van der Waals surface area contributed by atoms with E-state index in [-0.39, 0.29) is 21.2 Å². The van der Waals surface area contributed by atoms with Gasteiger partial charge in [0.05, 0.1) is 22.9 Å². The molecule has 2 heterocycles. The number of aliphatic imine (C=N–C) groups is 2. The van der Waals surface area contributed by atoms with Crippen LogP contribution >= 0.6 is 31.9 Å². The van der Waals surface area contributed by atoms with Gasteiger partial charge < -0.3 is 0 Å². The molecule has 144 valence electrons. The molecule has 10 heteroatoms. The van der Waals surface area contributed by atoms with Gasteiger partial charge in [0.15, 0.2) is 0 Å². The van der Waals surface area contributed by atoms with Crippen molar-refractivity contribution in [3.8, 4) is 0 Å². The van der Waals surface area contributed by atoms with Crippen molar-refractivity contribution in [2.75, 3.05) is 0 Å². The maximum absolute atomic E-state index is 10.7. The summed E-state index contributed by atoms with van der Waals surface area (Å²) in [5, 5.41) is 21.4. The van der Waals surface area contributed by atoms with Gasteiger partial charge in [0, 0.05) is 34.4 Å². The van der Waals surface area contributed by atoms with Gasteiger partial charge in [-0.05, 0) is 69.0 Å². The van der Waals surface area contributed by atoms with E-state index in [4.69, 9.17) is 0 Å². The fourth-order valence-corrected chi connectivity index (χ4v) is 4.02. The van der Waals surface area contributed by atoms with E-state index in [2.05, 4.69) is 41.8 Å². The third-order valence-corrected chi connectivity index (χ3v) is 5.81. The second-order valence-corrected chi connectivity index (χ2v) is 7.82. The largest absolute Gasteiger partial charge is 0.273 e. The van der Waals surface area contributed by atoms with Crippen LogP contribution < -0.4 is 0 Å². The topological polar surface area (TPSA) is 111 Å². The standard InChI is InChI=1S/2C9H7BrN2O2/c2*1-5-2-6-4-11-9(10)7(6)3-8(5)12(13)14/h2*2-3H,4H2,1H3. The number of halogens is 2. The predicted molar refractivity (Wildman–Crippen MR) is 114 cm³/mol. The molecule has 0 saturated carbocycles. The van der Waals surface area contributed by atoms with Crippen molar-refractivity contribution in [2.45, 2.75) is 26.9 Å².